The molecule has 0 unspecified atom stereocenters. The van der Waals surface area contributed by atoms with Crippen LogP contribution in [0.2, 0.25) is 0 Å². The van der Waals surface area contributed by atoms with Gasteiger partial charge in [-0.3, -0.25) is 9.54 Å². The van der Waals surface area contributed by atoms with E-state index in [4.69, 9.17) is 4.55 Å². The maximum absolute atomic E-state index is 10.5. The molecular formula is C14H17NO3S. The van der Waals surface area contributed by atoms with Gasteiger partial charge in [-0.1, -0.05) is 30.7 Å². The van der Waals surface area contributed by atoms with Gasteiger partial charge in [0.1, 0.15) is 0 Å². The Morgan fingerprint density at radius 3 is 2.11 bits per heavy atom. The molecule has 0 radical (unpaired) electrons. The Bertz CT molecular complexity index is 592. The number of nitrogens with zero attached hydrogens (tertiary/aromatic N) is 1. The van der Waals surface area contributed by atoms with Crippen LogP contribution in [0.5, 0.6) is 0 Å². The number of hydrogen-bond donors (Lipinski definition) is 1. The zero-order chi connectivity index (χ0) is 14.3. The summed E-state index contributed by atoms with van der Waals surface area (Å²) < 4.78 is 29.6. The highest BCUT2D eigenvalue weighted by molar-refractivity contribution is 7.85. The number of benzene rings is 1. The quantitative estimate of drug-likeness (QED) is 0.858. The molecule has 2 rings (SSSR count). The standard InChI is InChI=1S/C7H9N.C7H8O3S/c1-2-7-5-3-4-6-8-7;1-6-2-4-7(5-3-6)11(8,9)10/h3-6H,2H2,1H3;2-5H,1H3,(H,8,9,10). The van der Waals surface area contributed by atoms with Gasteiger partial charge in [-0.2, -0.15) is 8.42 Å². The Labute approximate surface area is 113 Å². The molecule has 0 spiro atoms. The molecule has 0 bridgehead atoms. The molecule has 5 heteroatoms. The number of aromatic nitrogens is 1. The van der Waals surface area contributed by atoms with Crippen LogP contribution in [0.1, 0.15) is 18.2 Å². The van der Waals surface area contributed by atoms with E-state index in [0.29, 0.717) is 0 Å². The molecule has 0 aliphatic heterocycles. The molecule has 0 fully saturated rings. The SMILES string of the molecule is CCc1ccccn1.Cc1ccc(S(=O)(=O)O)cc1. The van der Waals surface area contributed by atoms with Crippen LogP contribution in [0.25, 0.3) is 0 Å². The van der Waals surface area contributed by atoms with E-state index < -0.39 is 10.1 Å². The van der Waals surface area contributed by atoms with Crippen molar-refractivity contribution in [1.29, 1.82) is 0 Å². The van der Waals surface area contributed by atoms with E-state index >= 15 is 0 Å². The van der Waals surface area contributed by atoms with Crippen molar-refractivity contribution in [1.82, 2.24) is 4.98 Å². The smallest absolute Gasteiger partial charge is 0.282 e. The van der Waals surface area contributed by atoms with Gasteiger partial charge in [0.25, 0.3) is 10.1 Å². The van der Waals surface area contributed by atoms with Gasteiger partial charge in [-0.05, 0) is 37.6 Å². The van der Waals surface area contributed by atoms with Crippen LogP contribution in [0.4, 0.5) is 0 Å². The maximum Gasteiger partial charge on any atom is 0.294 e. The fourth-order valence-corrected chi connectivity index (χ4v) is 1.80. The lowest BCUT2D eigenvalue weighted by molar-refractivity contribution is 0.483. The molecule has 1 aromatic carbocycles. The Hall–Kier alpha value is -1.72. The van der Waals surface area contributed by atoms with Crippen molar-refractivity contribution in [3.8, 4) is 0 Å². The van der Waals surface area contributed by atoms with Gasteiger partial charge in [-0.15, -0.1) is 0 Å². The number of hydrogen-bond acceptors (Lipinski definition) is 3. The molecule has 1 aromatic heterocycles. The summed E-state index contributed by atoms with van der Waals surface area (Å²) in [5, 5.41) is 0. The summed E-state index contributed by atoms with van der Waals surface area (Å²) in [6.45, 7) is 3.94. The Morgan fingerprint density at radius 2 is 1.74 bits per heavy atom. The topological polar surface area (TPSA) is 67.3 Å². The summed E-state index contributed by atoms with van der Waals surface area (Å²) in [4.78, 5) is 4.03. The van der Waals surface area contributed by atoms with E-state index in [-0.39, 0.29) is 4.90 Å². The minimum Gasteiger partial charge on any atom is -0.282 e. The van der Waals surface area contributed by atoms with Crippen molar-refractivity contribution in [3.63, 3.8) is 0 Å². The van der Waals surface area contributed by atoms with E-state index in [1.165, 1.54) is 12.1 Å². The molecule has 0 saturated carbocycles. The summed E-state index contributed by atoms with van der Waals surface area (Å²) >= 11 is 0. The summed E-state index contributed by atoms with van der Waals surface area (Å²) in [7, 11) is -4.02. The van der Waals surface area contributed by atoms with Crippen molar-refractivity contribution >= 4 is 10.1 Å². The first-order valence-electron chi connectivity index (χ1n) is 5.87. The molecule has 2 aromatic rings. The molecule has 1 heterocycles. The molecule has 0 amide bonds. The minimum atomic E-state index is -4.02. The molecule has 4 nitrogen and oxygen atoms in total. The van der Waals surface area contributed by atoms with Gasteiger partial charge in [0.15, 0.2) is 0 Å². The normalized spacial score (nSPS) is 10.5. The third-order valence-electron chi connectivity index (χ3n) is 2.41. The second-order valence-electron chi connectivity index (χ2n) is 3.96. The van der Waals surface area contributed by atoms with Crippen molar-refractivity contribution in [2.45, 2.75) is 25.2 Å². The second kappa shape index (κ2) is 7.01. The zero-order valence-corrected chi connectivity index (χ0v) is 11.8. The van der Waals surface area contributed by atoms with Crippen LogP contribution in [-0.4, -0.2) is 18.0 Å². The minimum absolute atomic E-state index is 0.0666. The van der Waals surface area contributed by atoms with Crippen molar-refractivity contribution in [2.75, 3.05) is 0 Å². The highest BCUT2D eigenvalue weighted by atomic mass is 32.2. The van der Waals surface area contributed by atoms with E-state index in [1.807, 2.05) is 31.3 Å². The number of rotatable bonds is 2. The molecular weight excluding hydrogens is 262 g/mol. The first kappa shape index (κ1) is 15.3. The Balaban J connectivity index is 0.000000200. The van der Waals surface area contributed by atoms with Crippen LogP contribution < -0.4 is 0 Å². The van der Waals surface area contributed by atoms with Crippen molar-refractivity contribution < 1.29 is 13.0 Å². The zero-order valence-electron chi connectivity index (χ0n) is 10.9. The van der Waals surface area contributed by atoms with Crippen LogP contribution in [0.15, 0.2) is 53.6 Å². The number of aryl methyl sites for hydroxylation is 2. The fraction of sp³-hybridized carbons (Fsp3) is 0.214. The van der Waals surface area contributed by atoms with Gasteiger partial charge < -0.3 is 0 Å². The van der Waals surface area contributed by atoms with Gasteiger partial charge in [0, 0.05) is 11.9 Å². The first-order valence-corrected chi connectivity index (χ1v) is 7.31. The van der Waals surface area contributed by atoms with Crippen LogP contribution in [0.3, 0.4) is 0 Å². The van der Waals surface area contributed by atoms with Crippen LogP contribution in [0, 0.1) is 6.92 Å². The highest BCUT2D eigenvalue weighted by Gasteiger charge is 2.06. The van der Waals surface area contributed by atoms with E-state index in [9.17, 15) is 8.42 Å². The van der Waals surface area contributed by atoms with E-state index in [1.54, 1.807) is 12.1 Å². The lowest BCUT2D eigenvalue weighted by atomic mass is 10.2. The average molecular weight is 279 g/mol. The first-order chi connectivity index (χ1) is 8.93. The molecule has 0 atom stereocenters. The molecule has 1 N–H and O–H groups in total. The van der Waals surface area contributed by atoms with Gasteiger partial charge in [0.05, 0.1) is 4.90 Å². The van der Waals surface area contributed by atoms with Gasteiger partial charge in [0.2, 0.25) is 0 Å². The third-order valence-corrected chi connectivity index (χ3v) is 3.28. The summed E-state index contributed by atoms with van der Waals surface area (Å²) in [5.41, 5.74) is 2.12. The Morgan fingerprint density at radius 1 is 1.11 bits per heavy atom. The predicted molar refractivity (Wildman–Crippen MR) is 74.6 cm³/mol. The lowest BCUT2D eigenvalue weighted by Gasteiger charge is -1.95. The molecule has 0 saturated heterocycles. The third kappa shape index (κ3) is 5.63. The van der Waals surface area contributed by atoms with Crippen LogP contribution in [-0.2, 0) is 16.5 Å². The summed E-state index contributed by atoms with van der Waals surface area (Å²) in [6, 6.07) is 12.0. The molecule has 0 aliphatic rings. The summed E-state index contributed by atoms with van der Waals surface area (Å²) in [6.07, 6.45) is 2.85. The maximum atomic E-state index is 10.5. The molecule has 0 aliphatic carbocycles. The highest BCUT2D eigenvalue weighted by Crippen LogP contribution is 2.08. The molecule has 102 valence electrons. The van der Waals surface area contributed by atoms with Crippen LogP contribution >= 0.6 is 0 Å². The largest absolute Gasteiger partial charge is 0.294 e. The van der Waals surface area contributed by atoms with Gasteiger partial charge >= 0.3 is 0 Å². The Kier molecular flexibility index (Phi) is 5.66. The average Bonchev–Trinajstić information content (AvgIpc) is 2.40. The van der Waals surface area contributed by atoms with Gasteiger partial charge in [-0.25, -0.2) is 0 Å². The van der Waals surface area contributed by atoms with E-state index in [0.717, 1.165) is 17.7 Å². The monoisotopic (exact) mass is 279 g/mol. The fourth-order valence-electron chi connectivity index (χ4n) is 1.32. The van der Waals surface area contributed by atoms with E-state index in [2.05, 4.69) is 11.9 Å². The number of pyridine rings is 1. The molecule has 19 heavy (non-hydrogen) atoms. The predicted octanol–water partition coefficient (Wildman–Crippen LogP) is 2.89. The van der Waals surface area contributed by atoms with Crippen molar-refractivity contribution in [3.05, 3.63) is 59.9 Å². The lowest BCUT2D eigenvalue weighted by Crippen LogP contribution is -1.96. The second-order valence-corrected chi connectivity index (χ2v) is 5.38. The summed E-state index contributed by atoms with van der Waals surface area (Å²) in [5.74, 6) is 0. The van der Waals surface area contributed by atoms with Crippen molar-refractivity contribution in [2.24, 2.45) is 0 Å².